The van der Waals surface area contributed by atoms with Gasteiger partial charge in [0.15, 0.2) is 0 Å². The van der Waals surface area contributed by atoms with Gasteiger partial charge in [-0.15, -0.1) is 0 Å². The van der Waals surface area contributed by atoms with Gasteiger partial charge in [0, 0.05) is 5.41 Å². The summed E-state index contributed by atoms with van der Waals surface area (Å²) in [6, 6.07) is 0. The fraction of sp³-hybridized carbons (Fsp3) is 0.833. The Balaban J connectivity index is 3.68. The van der Waals surface area contributed by atoms with E-state index < -0.39 is 5.41 Å². The monoisotopic (exact) mass is 147 g/mol. The van der Waals surface area contributed by atoms with E-state index >= 15 is 0 Å². The van der Waals surface area contributed by atoms with Crippen LogP contribution in [0.25, 0.3) is 0 Å². The van der Waals surface area contributed by atoms with Gasteiger partial charge < -0.3 is 14.9 Å². The predicted molar refractivity (Wildman–Crippen MR) is 33.9 cm³/mol. The van der Waals surface area contributed by atoms with Crippen LogP contribution in [-0.2, 0) is 9.53 Å². The lowest BCUT2D eigenvalue weighted by atomic mass is 9.95. The van der Waals surface area contributed by atoms with Gasteiger partial charge in [0.25, 0.3) is 0 Å². The third kappa shape index (κ3) is 2.80. The summed E-state index contributed by atoms with van der Waals surface area (Å²) in [5, 5.41) is 17.3. The number of hydrogen-bond donors (Lipinski definition) is 2. The number of ether oxygens (including phenoxy) is 1. The van der Waals surface area contributed by atoms with Crippen molar-refractivity contribution in [3.8, 4) is 0 Å². The SMILES string of the molecule is CC(CO)(CO)CO[C]=O. The summed E-state index contributed by atoms with van der Waals surface area (Å²) in [6.07, 6.45) is 0. The molecule has 0 atom stereocenters. The Kier molecular flexibility index (Phi) is 3.99. The summed E-state index contributed by atoms with van der Waals surface area (Å²) in [6.45, 7) is 2.38. The molecule has 0 fully saturated rings. The van der Waals surface area contributed by atoms with Crippen molar-refractivity contribution in [2.75, 3.05) is 19.8 Å². The highest BCUT2D eigenvalue weighted by Gasteiger charge is 2.22. The first-order valence-corrected chi connectivity index (χ1v) is 2.89. The minimum Gasteiger partial charge on any atom is -0.457 e. The van der Waals surface area contributed by atoms with Crippen molar-refractivity contribution in [3.05, 3.63) is 0 Å². The van der Waals surface area contributed by atoms with Crippen LogP contribution in [-0.4, -0.2) is 36.5 Å². The second-order valence-electron chi connectivity index (χ2n) is 2.50. The van der Waals surface area contributed by atoms with E-state index in [1.807, 2.05) is 0 Å². The van der Waals surface area contributed by atoms with E-state index in [-0.39, 0.29) is 19.8 Å². The lowest BCUT2D eigenvalue weighted by Crippen LogP contribution is -2.31. The van der Waals surface area contributed by atoms with E-state index in [0.29, 0.717) is 0 Å². The predicted octanol–water partition coefficient (Wildman–Crippen LogP) is -0.939. The largest absolute Gasteiger partial charge is 0.457 e. The minimum atomic E-state index is -0.739. The summed E-state index contributed by atoms with van der Waals surface area (Å²) in [4.78, 5) is 9.57. The molecule has 10 heavy (non-hydrogen) atoms. The van der Waals surface area contributed by atoms with Crippen LogP contribution in [0.15, 0.2) is 0 Å². The zero-order valence-corrected chi connectivity index (χ0v) is 5.83. The number of rotatable bonds is 5. The molecular weight excluding hydrogens is 136 g/mol. The first-order chi connectivity index (χ1) is 4.68. The Morgan fingerprint density at radius 2 is 2.00 bits per heavy atom. The van der Waals surface area contributed by atoms with Crippen LogP contribution in [0.3, 0.4) is 0 Å². The molecule has 0 aliphatic carbocycles. The Morgan fingerprint density at radius 3 is 2.30 bits per heavy atom. The zero-order valence-electron chi connectivity index (χ0n) is 5.83. The molecule has 0 unspecified atom stereocenters. The van der Waals surface area contributed by atoms with Crippen LogP contribution in [0.2, 0.25) is 0 Å². The normalized spacial score (nSPS) is 11.1. The van der Waals surface area contributed by atoms with Crippen molar-refractivity contribution in [2.24, 2.45) is 5.41 Å². The smallest absolute Gasteiger partial charge is 0.417 e. The van der Waals surface area contributed by atoms with Crippen molar-refractivity contribution < 1.29 is 19.7 Å². The van der Waals surface area contributed by atoms with Crippen molar-refractivity contribution in [1.82, 2.24) is 0 Å². The second-order valence-corrected chi connectivity index (χ2v) is 2.50. The van der Waals surface area contributed by atoms with E-state index in [2.05, 4.69) is 4.74 Å². The average molecular weight is 147 g/mol. The van der Waals surface area contributed by atoms with Gasteiger partial charge in [0.1, 0.15) is 6.61 Å². The lowest BCUT2D eigenvalue weighted by Gasteiger charge is -2.21. The van der Waals surface area contributed by atoms with Crippen LogP contribution >= 0.6 is 0 Å². The average Bonchev–Trinajstić information content (AvgIpc) is 2.00. The molecule has 0 spiro atoms. The van der Waals surface area contributed by atoms with Crippen molar-refractivity contribution in [1.29, 1.82) is 0 Å². The third-order valence-electron chi connectivity index (χ3n) is 1.24. The zero-order chi connectivity index (χ0) is 8.04. The molecule has 0 bridgehead atoms. The highest BCUT2D eigenvalue weighted by atomic mass is 16.5. The standard InChI is InChI=1S/C6H11O4/c1-6(2-7,3-8)4-10-5-9/h7-8H,2-4H2,1H3. The van der Waals surface area contributed by atoms with Crippen molar-refractivity contribution in [3.63, 3.8) is 0 Å². The molecule has 4 heteroatoms. The molecule has 0 aliphatic rings. The molecule has 0 aliphatic heterocycles. The number of aliphatic hydroxyl groups is 2. The molecule has 0 saturated carbocycles. The number of aliphatic hydroxyl groups excluding tert-OH is 2. The molecule has 0 heterocycles. The minimum absolute atomic E-state index is 0.0104. The van der Waals surface area contributed by atoms with Gasteiger partial charge in [0.05, 0.1) is 13.2 Å². The van der Waals surface area contributed by atoms with Crippen molar-refractivity contribution >= 4 is 6.47 Å². The Labute approximate surface area is 59.4 Å². The highest BCUT2D eigenvalue weighted by Crippen LogP contribution is 2.13. The summed E-state index contributed by atoms with van der Waals surface area (Å²) >= 11 is 0. The molecule has 0 rings (SSSR count). The second kappa shape index (κ2) is 4.24. The van der Waals surface area contributed by atoms with Gasteiger partial charge in [-0.05, 0) is 0 Å². The summed E-state index contributed by atoms with van der Waals surface area (Å²) in [5.74, 6) is 0. The van der Waals surface area contributed by atoms with Crippen LogP contribution in [0.4, 0.5) is 0 Å². The summed E-state index contributed by atoms with van der Waals surface area (Å²) in [7, 11) is 0. The molecular formula is C6H11O4. The van der Waals surface area contributed by atoms with Gasteiger partial charge in [0.2, 0.25) is 0 Å². The van der Waals surface area contributed by atoms with E-state index in [1.165, 1.54) is 6.47 Å². The first kappa shape index (κ1) is 9.39. The molecule has 0 aromatic carbocycles. The maximum absolute atomic E-state index is 9.57. The Bertz CT molecular complexity index is 97.9. The van der Waals surface area contributed by atoms with Gasteiger partial charge in [-0.1, -0.05) is 6.92 Å². The first-order valence-electron chi connectivity index (χ1n) is 2.89. The number of carbonyl (C=O) groups excluding carboxylic acids is 1. The molecule has 0 amide bonds. The van der Waals surface area contributed by atoms with E-state index in [1.54, 1.807) is 6.92 Å². The van der Waals surface area contributed by atoms with Gasteiger partial charge in [-0.3, -0.25) is 0 Å². The van der Waals surface area contributed by atoms with Crippen LogP contribution in [0.1, 0.15) is 6.92 Å². The fourth-order valence-electron chi connectivity index (χ4n) is 0.345. The van der Waals surface area contributed by atoms with E-state index in [4.69, 9.17) is 10.2 Å². The number of hydrogen-bond acceptors (Lipinski definition) is 4. The maximum atomic E-state index is 9.57. The quantitative estimate of drug-likeness (QED) is 0.526. The Hall–Kier alpha value is -0.610. The molecule has 2 N–H and O–H groups in total. The van der Waals surface area contributed by atoms with Gasteiger partial charge in [-0.25, -0.2) is 4.79 Å². The maximum Gasteiger partial charge on any atom is 0.417 e. The molecule has 0 aromatic heterocycles. The van der Waals surface area contributed by atoms with Crippen LogP contribution in [0.5, 0.6) is 0 Å². The Morgan fingerprint density at radius 1 is 1.50 bits per heavy atom. The van der Waals surface area contributed by atoms with Gasteiger partial charge in [-0.2, -0.15) is 0 Å². The third-order valence-corrected chi connectivity index (χ3v) is 1.24. The van der Waals surface area contributed by atoms with E-state index in [9.17, 15) is 4.79 Å². The molecule has 1 radical (unpaired) electrons. The topological polar surface area (TPSA) is 66.8 Å². The molecule has 4 nitrogen and oxygen atoms in total. The molecule has 0 aromatic rings. The van der Waals surface area contributed by atoms with E-state index in [0.717, 1.165) is 0 Å². The van der Waals surface area contributed by atoms with Crippen molar-refractivity contribution in [2.45, 2.75) is 6.92 Å². The highest BCUT2D eigenvalue weighted by molar-refractivity contribution is 5.38. The van der Waals surface area contributed by atoms with Gasteiger partial charge >= 0.3 is 6.47 Å². The molecule has 0 saturated heterocycles. The lowest BCUT2D eigenvalue weighted by molar-refractivity contribution is 0.0237. The summed E-state index contributed by atoms with van der Waals surface area (Å²) < 4.78 is 4.25. The molecule has 59 valence electrons. The fourth-order valence-corrected chi connectivity index (χ4v) is 0.345. The van der Waals surface area contributed by atoms with Crippen LogP contribution in [0, 0.1) is 5.41 Å². The van der Waals surface area contributed by atoms with Crippen LogP contribution < -0.4 is 0 Å². The summed E-state index contributed by atoms with van der Waals surface area (Å²) in [5.41, 5.74) is -0.739.